The van der Waals surface area contributed by atoms with Gasteiger partial charge < -0.3 is 10.8 Å². The first-order chi connectivity index (χ1) is 8.24. The fraction of sp³-hybridized carbons (Fsp3) is 0.333. The molecule has 1 aliphatic rings. The Balaban J connectivity index is 2.05. The molecular weight excluding hydrogens is 216 g/mol. The molecule has 3 N–H and O–H groups in total. The lowest BCUT2D eigenvalue weighted by Crippen LogP contribution is -2.25. The highest BCUT2D eigenvalue weighted by molar-refractivity contribution is 5.56. The third kappa shape index (κ3) is 1.78. The van der Waals surface area contributed by atoms with E-state index < -0.39 is 0 Å². The highest BCUT2D eigenvalue weighted by Gasteiger charge is 2.20. The van der Waals surface area contributed by atoms with Gasteiger partial charge in [-0.1, -0.05) is 12.1 Å². The molecule has 1 unspecified atom stereocenters. The van der Waals surface area contributed by atoms with Crippen LogP contribution < -0.4 is 5.73 Å². The molecule has 0 saturated carbocycles. The standard InChI is InChI=1S/C12H14N4O/c13-10-5-2-6-11-14-12(15-16(10)11)8-3-1-4-9(17)7-8/h1,3-4,7,10,17H,2,5-6,13H2. The Morgan fingerprint density at radius 1 is 1.41 bits per heavy atom. The summed E-state index contributed by atoms with van der Waals surface area (Å²) < 4.78 is 1.79. The molecule has 17 heavy (non-hydrogen) atoms. The first kappa shape index (κ1) is 10.3. The van der Waals surface area contributed by atoms with Crippen molar-refractivity contribution in [3.63, 3.8) is 0 Å². The normalized spacial score (nSPS) is 19.0. The van der Waals surface area contributed by atoms with E-state index in [1.807, 2.05) is 6.07 Å². The Morgan fingerprint density at radius 3 is 3.06 bits per heavy atom. The summed E-state index contributed by atoms with van der Waals surface area (Å²) in [6, 6.07) is 6.95. The van der Waals surface area contributed by atoms with Crippen LogP contribution in [-0.4, -0.2) is 19.9 Å². The van der Waals surface area contributed by atoms with Crippen LogP contribution in [0.1, 0.15) is 24.8 Å². The van der Waals surface area contributed by atoms with Gasteiger partial charge in [-0.15, -0.1) is 5.10 Å². The van der Waals surface area contributed by atoms with Gasteiger partial charge in [0.1, 0.15) is 17.7 Å². The second-order valence-corrected chi connectivity index (χ2v) is 4.31. The minimum atomic E-state index is -0.0719. The first-order valence-corrected chi connectivity index (χ1v) is 5.74. The van der Waals surface area contributed by atoms with E-state index in [0.29, 0.717) is 5.82 Å². The van der Waals surface area contributed by atoms with Crippen molar-refractivity contribution < 1.29 is 5.11 Å². The number of hydrogen-bond acceptors (Lipinski definition) is 4. The maximum absolute atomic E-state index is 9.44. The average molecular weight is 230 g/mol. The van der Waals surface area contributed by atoms with Gasteiger partial charge in [-0.2, -0.15) is 0 Å². The van der Waals surface area contributed by atoms with E-state index in [0.717, 1.165) is 30.7 Å². The van der Waals surface area contributed by atoms with Crippen LogP contribution in [0.4, 0.5) is 0 Å². The van der Waals surface area contributed by atoms with Crippen LogP contribution in [-0.2, 0) is 6.42 Å². The van der Waals surface area contributed by atoms with Crippen molar-refractivity contribution in [1.29, 1.82) is 0 Å². The van der Waals surface area contributed by atoms with Crippen LogP contribution in [0.25, 0.3) is 11.4 Å². The zero-order chi connectivity index (χ0) is 11.8. The number of hydrogen-bond donors (Lipinski definition) is 2. The number of aromatic hydroxyl groups is 1. The lowest BCUT2D eigenvalue weighted by atomic mass is 10.1. The van der Waals surface area contributed by atoms with Gasteiger partial charge in [0.25, 0.3) is 0 Å². The summed E-state index contributed by atoms with van der Waals surface area (Å²) in [4.78, 5) is 4.47. The lowest BCUT2D eigenvalue weighted by Gasteiger charge is -2.18. The minimum Gasteiger partial charge on any atom is -0.508 e. The zero-order valence-electron chi connectivity index (χ0n) is 9.37. The topological polar surface area (TPSA) is 77.0 Å². The van der Waals surface area contributed by atoms with E-state index in [1.54, 1.807) is 22.9 Å². The van der Waals surface area contributed by atoms with E-state index in [4.69, 9.17) is 5.73 Å². The van der Waals surface area contributed by atoms with Crippen molar-refractivity contribution in [2.24, 2.45) is 5.73 Å². The molecule has 0 fully saturated rings. The van der Waals surface area contributed by atoms with Gasteiger partial charge in [0.15, 0.2) is 5.82 Å². The van der Waals surface area contributed by atoms with Crippen molar-refractivity contribution in [3.05, 3.63) is 30.1 Å². The maximum atomic E-state index is 9.44. The largest absolute Gasteiger partial charge is 0.508 e. The number of rotatable bonds is 1. The predicted octanol–water partition coefficient (Wildman–Crippen LogP) is 1.44. The summed E-state index contributed by atoms with van der Waals surface area (Å²) in [6.45, 7) is 0. The molecule has 2 heterocycles. The van der Waals surface area contributed by atoms with Gasteiger partial charge in [0, 0.05) is 12.0 Å². The molecule has 0 radical (unpaired) electrons. The van der Waals surface area contributed by atoms with Crippen LogP contribution in [0.15, 0.2) is 24.3 Å². The molecular formula is C12H14N4O. The van der Waals surface area contributed by atoms with Gasteiger partial charge in [0.2, 0.25) is 0 Å². The monoisotopic (exact) mass is 230 g/mol. The lowest BCUT2D eigenvalue weighted by molar-refractivity contribution is 0.373. The van der Waals surface area contributed by atoms with Crippen molar-refractivity contribution in [1.82, 2.24) is 14.8 Å². The highest BCUT2D eigenvalue weighted by Crippen LogP contribution is 2.24. The minimum absolute atomic E-state index is 0.0719. The molecule has 3 rings (SSSR count). The number of fused-ring (bicyclic) bond motifs is 1. The number of phenols is 1. The molecule has 0 amide bonds. The summed E-state index contributed by atoms with van der Waals surface area (Å²) in [5.41, 5.74) is 6.80. The predicted molar refractivity (Wildman–Crippen MR) is 63.3 cm³/mol. The summed E-state index contributed by atoms with van der Waals surface area (Å²) in [6.07, 6.45) is 2.84. The van der Waals surface area contributed by atoms with Gasteiger partial charge in [0.05, 0.1) is 0 Å². The molecule has 0 spiro atoms. The molecule has 5 heteroatoms. The quantitative estimate of drug-likeness (QED) is 0.777. The number of phenolic OH excluding ortho intramolecular Hbond substituents is 1. The van der Waals surface area contributed by atoms with E-state index in [1.165, 1.54) is 0 Å². The van der Waals surface area contributed by atoms with Crippen LogP contribution in [0, 0.1) is 0 Å². The van der Waals surface area contributed by atoms with E-state index in [9.17, 15) is 5.11 Å². The fourth-order valence-corrected chi connectivity index (χ4v) is 2.15. The van der Waals surface area contributed by atoms with Gasteiger partial charge in [-0.3, -0.25) is 0 Å². The second kappa shape index (κ2) is 3.85. The Kier molecular flexibility index (Phi) is 2.33. The smallest absolute Gasteiger partial charge is 0.181 e. The SMILES string of the molecule is NC1CCCc2nc(-c3cccc(O)c3)nn21. The number of nitrogens with two attached hydrogens (primary N) is 1. The summed E-state index contributed by atoms with van der Waals surface area (Å²) >= 11 is 0. The fourth-order valence-electron chi connectivity index (χ4n) is 2.15. The molecule has 0 bridgehead atoms. The van der Waals surface area contributed by atoms with E-state index >= 15 is 0 Å². The first-order valence-electron chi connectivity index (χ1n) is 5.74. The number of aromatic nitrogens is 3. The Morgan fingerprint density at radius 2 is 2.29 bits per heavy atom. The molecule has 0 aliphatic carbocycles. The average Bonchev–Trinajstić information content (AvgIpc) is 2.74. The Hall–Kier alpha value is -1.88. The number of nitrogens with zero attached hydrogens (tertiary/aromatic N) is 3. The number of aryl methyl sites for hydroxylation is 1. The summed E-state index contributed by atoms with van der Waals surface area (Å²) in [5.74, 6) is 1.79. The second-order valence-electron chi connectivity index (χ2n) is 4.31. The van der Waals surface area contributed by atoms with Crippen LogP contribution >= 0.6 is 0 Å². The molecule has 0 saturated heterocycles. The van der Waals surface area contributed by atoms with Gasteiger partial charge in [-0.05, 0) is 25.0 Å². The molecule has 1 aromatic carbocycles. The van der Waals surface area contributed by atoms with Crippen molar-refractivity contribution in [3.8, 4) is 17.1 Å². The third-order valence-electron chi connectivity index (χ3n) is 3.02. The van der Waals surface area contributed by atoms with Gasteiger partial charge >= 0.3 is 0 Å². The van der Waals surface area contributed by atoms with E-state index in [-0.39, 0.29) is 11.9 Å². The Bertz CT molecular complexity index is 549. The van der Waals surface area contributed by atoms with Crippen molar-refractivity contribution in [2.75, 3.05) is 0 Å². The van der Waals surface area contributed by atoms with Crippen LogP contribution in [0.5, 0.6) is 5.75 Å². The molecule has 1 aromatic heterocycles. The number of benzene rings is 1. The maximum Gasteiger partial charge on any atom is 0.181 e. The van der Waals surface area contributed by atoms with Crippen molar-refractivity contribution in [2.45, 2.75) is 25.4 Å². The Labute approximate surface area is 98.9 Å². The molecule has 88 valence electrons. The molecule has 5 nitrogen and oxygen atoms in total. The summed E-state index contributed by atoms with van der Waals surface area (Å²) in [5, 5.41) is 13.9. The van der Waals surface area contributed by atoms with E-state index in [2.05, 4.69) is 10.1 Å². The summed E-state index contributed by atoms with van der Waals surface area (Å²) in [7, 11) is 0. The van der Waals surface area contributed by atoms with Gasteiger partial charge in [-0.25, -0.2) is 9.67 Å². The van der Waals surface area contributed by atoms with Crippen LogP contribution in [0.2, 0.25) is 0 Å². The van der Waals surface area contributed by atoms with Crippen molar-refractivity contribution >= 4 is 0 Å². The zero-order valence-corrected chi connectivity index (χ0v) is 9.37. The molecule has 2 aromatic rings. The third-order valence-corrected chi connectivity index (χ3v) is 3.02. The van der Waals surface area contributed by atoms with Crippen LogP contribution in [0.3, 0.4) is 0 Å². The molecule has 1 aliphatic heterocycles. The highest BCUT2D eigenvalue weighted by atomic mass is 16.3. The molecule has 1 atom stereocenters.